The number of hydrogen-bond donors (Lipinski definition) is 1. The van der Waals surface area contributed by atoms with Gasteiger partial charge in [0, 0.05) is 0 Å². The van der Waals surface area contributed by atoms with Crippen LogP contribution in [0.3, 0.4) is 0 Å². The smallest absolute Gasteiger partial charge is 0.306 e. The molecule has 1 N–H and O–H groups in total. The van der Waals surface area contributed by atoms with Gasteiger partial charge in [0.15, 0.2) is 0 Å². The molecular weight excluding hydrogens is 220 g/mol. The summed E-state index contributed by atoms with van der Waals surface area (Å²) < 4.78 is 5.23. The van der Waals surface area contributed by atoms with Gasteiger partial charge >= 0.3 is 11.9 Å². The normalized spacial score (nSPS) is 11.8. The van der Waals surface area contributed by atoms with Gasteiger partial charge in [-0.25, -0.2) is 0 Å². The molecule has 1 aromatic rings. The number of aliphatic carboxylic acids is 1. The van der Waals surface area contributed by atoms with Crippen molar-refractivity contribution in [2.75, 3.05) is 0 Å². The highest BCUT2D eigenvalue weighted by Crippen LogP contribution is 2.21. The van der Waals surface area contributed by atoms with E-state index in [1.165, 1.54) is 0 Å². The van der Waals surface area contributed by atoms with E-state index in [2.05, 4.69) is 0 Å². The SMILES string of the molecule is CC[C@@H](OC(=O)CCC(=O)O)c1ccccc1. The molecule has 1 rings (SSSR count). The third-order valence-electron chi connectivity index (χ3n) is 2.36. The highest BCUT2D eigenvalue weighted by Gasteiger charge is 2.15. The zero-order valence-corrected chi connectivity index (χ0v) is 9.76. The number of esters is 1. The Kier molecular flexibility index (Phi) is 5.20. The zero-order chi connectivity index (χ0) is 12.7. The van der Waals surface area contributed by atoms with E-state index in [1.54, 1.807) is 0 Å². The minimum atomic E-state index is -0.991. The maximum Gasteiger partial charge on any atom is 0.306 e. The molecule has 0 aliphatic carbocycles. The predicted octanol–water partition coefficient (Wildman–Crippen LogP) is 2.55. The minimum absolute atomic E-state index is 0.0847. The van der Waals surface area contributed by atoms with Crippen molar-refractivity contribution in [2.45, 2.75) is 32.3 Å². The van der Waals surface area contributed by atoms with E-state index < -0.39 is 11.9 Å². The van der Waals surface area contributed by atoms with Gasteiger partial charge < -0.3 is 9.84 Å². The number of carboxylic acid groups (broad SMARTS) is 1. The Labute approximate surface area is 100 Å². The van der Waals surface area contributed by atoms with Crippen molar-refractivity contribution in [2.24, 2.45) is 0 Å². The van der Waals surface area contributed by atoms with E-state index in [0.717, 1.165) is 5.56 Å². The topological polar surface area (TPSA) is 63.6 Å². The van der Waals surface area contributed by atoms with Crippen LogP contribution >= 0.6 is 0 Å². The summed E-state index contributed by atoms with van der Waals surface area (Å²) in [4.78, 5) is 21.7. The number of hydrogen-bond acceptors (Lipinski definition) is 3. The van der Waals surface area contributed by atoms with Crippen molar-refractivity contribution in [3.63, 3.8) is 0 Å². The third kappa shape index (κ3) is 4.68. The number of rotatable bonds is 6. The number of carbonyl (C=O) groups is 2. The highest BCUT2D eigenvalue weighted by atomic mass is 16.5. The number of benzene rings is 1. The van der Waals surface area contributed by atoms with E-state index in [4.69, 9.17) is 9.84 Å². The molecule has 0 radical (unpaired) electrons. The zero-order valence-electron chi connectivity index (χ0n) is 9.76. The second-order valence-electron chi connectivity index (χ2n) is 3.69. The molecule has 0 amide bonds. The maximum absolute atomic E-state index is 11.4. The molecule has 0 heterocycles. The van der Waals surface area contributed by atoms with Crippen LogP contribution in [0.1, 0.15) is 37.9 Å². The van der Waals surface area contributed by atoms with Crippen molar-refractivity contribution in [1.29, 1.82) is 0 Å². The number of carboxylic acids is 1. The van der Waals surface area contributed by atoms with Crippen LogP contribution < -0.4 is 0 Å². The highest BCUT2D eigenvalue weighted by molar-refractivity contribution is 5.76. The molecule has 0 aliphatic heterocycles. The van der Waals surface area contributed by atoms with Crippen molar-refractivity contribution < 1.29 is 19.4 Å². The molecule has 1 aromatic carbocycles. The van der Waals surface area contributed by atoms with Gasteiger partial charge in [-0.15, -0.1) is 0 Å². The lowest BCUT2D eigenvalue weighted by molar-refractivity contribution is -0.152. The first kappa shape index (κ1) is 13.2. The van der Waals surface area contributed by atoms with Crippen LogP contribution in [0.2, 0.25) is 0 Å². The summed E-state index contributed by atoms with van der Waals surface area (Å²) in [6.07, 6.45) is 0.100. The summed E-state index contributed by atoms with van der Waals surface area (Å²) >= 11 is 0. The monoisotopic (exact) mass is 236 g/mol. The molecule has 0 fully saturated rings. The standard InChI is InChI=1S/C13H16O4/c1-2-11(10-6-4-3-5-7-10)17-13(16)9-8-12(14)15/h3-7,11H,2,8-9H2,1H3,(H,14,15)/t11-/m1/s1. The van der Waals surface area contributed by atoms with Crippen molar-refractivity contribution in [1.82, 2.24) is 0 Å². The van der Waals surface area contributed by atoms with E-state index in [-0.39, 0.29) is 18.9 Å². The summed E-state index contributed by atoms with van der Waals surface area (Å²) in [5.74, 6) is -1.46. The Morgan fingerprint density at radius 1 is 1.24 bits per heavy atom. The third-order valence-corrected chi connectivity index (χ3v) is 2.36. The molecule has 4 nitrogen and oxygen atoms in total. The van der Waals surface area contributed by atoms with Crippen LogP contribution in [0.15, 0.2) is 30.3 Å². The molecule has 17 heavy (non-hydrogen) atoms. The number of carbonyl (C=O) groups excluding carboxylic acids is 1. The molecule has 1 atom stereocenters. The predicted molar refractivity (Wildman–Crippen MR) is 62.4 cm³/mol. The van der Waals surface area contributed by atoms with Gasteiger partial charge in [-0.3, -0.25) is 9.59 Å². The molecular formula is C13H16O4. The molecule has 0 aliphatic rings. The van der Waals surface area contributed by atoms with E-state index in [1.807, 2.05) is 37.3 Å². The Balaban J connectivity index is 2.53. The van der Waals surface area contributed by atoms with Gasteiger partial charge in [0.05, 0.1) is 12.8 Å². The number of ether oxygens (including phenoxy) is 1. The van der Waals surface area contributed by atoms with Gasteiger partial charge in [-0.05, 0) is 12.0 Å². The Morgan fingerprint density at radius 3 is 2.41 bits per heavy atom. The molecule has 0 unspecified atom stereocenters. The molecule has 4 heteroatoms. The second-order valence-corrected chi connectivity index (χ2v) is 3.69. The summed E-state index contributed by atoms with van der Waals surface area (Å²) in [5, 5.41) is 8.46. The average molecular weight is 236 g/mol. The first-order valence-corrected chi connectivity index (χ1v) is 5.59. The average Bonchev–Trinajstić information content (AvgIpc) is 2.34. The Morgan fingerprint density at radius 2 is 1.88 bits per heavy atom. The first-order chi connectivity index (χ1) is 8.13. The lowest BCUT2D eigenvalue weighted by atomic mass is 10.1. The molecule has 0 bridgehead atoms. The van der Waals surface area contributed by atoms with Gasteiger partial charge in [0.25, 0.3) is 0 Å². The quantitative estimate of drug-likeness (QED) is 0.771. The van der Waals surface area contributed by atoms with Gasteiger partial charge in [0.2, 0.25) is 0 Å². The van der Waals surface area contributed by atoms with Crippen LogP contribution in [-0.4, -0.2) is 17.0 Å². The van der Waals surface area contributed by atoms with Gasteiger partial charge in [-0.2, -0.15) is 0 Å². The maximum atomic E-state index is 11.4. The Hall–Kier alpha value is -1.84. The van der Waals surface area contributed by atoms with Crippen LogP contribution in [0, 0.1) is 0 Å². The van der Waals surface area contributed by atoms with E-state index >= 15 is 0 Å². The van der Waals surface area contributed by atoms with Gasteiger partial charge in [-0.1, -0.05) is 37.3 Å². The fourth-order valence-electron chi connectivity index (χ4n) is 1.48. The molecule has 0 spiro atoms. The molecule has 0 aromatic heterocycles. The summed E-state index contributed by atoms with van der Waals surface area (Å²) in [5.41, 5.74) is 0.929. The first-order valence-electron chi connectivity index (χ1n) is 5.59. The van der Waals surface area contributed by atoms with E-state index in [9.17, 15) is 9.59 Å². The second kappa shape index (κ2) is 6.68. The lowest BCUT2D eigenvalue weighted by Crippen LogP contribution is -2.12. The van der Waals surface area contributed by atoms with Crippen LogP contribution in [0.5, 0.6) is 0 Å². The van der Waals surface area contributed by atoms with Crippen molar-refractivity contribution >= 4 is 11.9 Å². The van der Waals surface area contributed by atoms with E-state index in [0.29, 0.717) is 6.42 Å². The Bertz CT molecular complexity index is 372. The van der Waals surface area contributed by atoms with Crippen LogP contribution in [0.25, 0.3) is 0 Å². The van der Waals surface area contributed by atoms with Gasteiger partial charge in [0.1, 0.15) is 6.10 Å². The van der Waals surface area contributed by atoms with Crippen LogP contribution in [0.4, 0.5) is 0 Å². The van der Waals surface area contributed by atoms with Crippen molar-refractivity contribution in [3.05, 3.63) is 35.9 Å². The molecule has 0 saturated carbocycles. The molecule has 0 saturated heterocycles. The lowest BCUT2D eigenvalue weighted by Gasteiger charge is -2.16. The summed E-state index contributed by atoms with van der Waals surface area (Å²) in [6, 6.07) is 9.42. The fraction of sp³-hybridized carbons (Fsp3) is 0.385. The van der Waals surface area contributed by atoms with Crippen molar-refractivity contribution in [3.8, 4) is 0 Å². The largest absolute Gasteiger partial charge is 0.481 e. The van der Waals surface area contributed by atoms with Crippen LogP contribution in [-0.2, 0) is 14.3 Å². The fourth-order valence-corrected chi connectivity index (χ4v) is 1.48. The summed E-state index contributed by atoms with van der Waals surface area (Å²) in [6.45, 7) is 1.92. The minimum Gasteiger partial charge on any atom is -0.481 e. The summed E-state index contributed by atoms with van der Waals surface area (Å²) in [7, 11) is 0. The molecule has 92 valence electrons.